The molecule has 12 heavy (non-hydrogen) atoms. The van der Waals surface area contributed by atoms with E-state index >= 15 is 0 Å². The van der Waals surface area contributed by atoms with Gasteiger partial charge in [-0.2, -0.15) is 0 Å². The highest BCUT2D eigenvalue weighted by molar-refractivity contribution is 4.71. The third kappa shape index (κ3) is 3.11. The molecule has 1 fully saturated rings. The van der Waals surface area contributed by atoms with Crippen molar-refractivity contribution in [1.29, 1.82) is 0 Å². The Morgan fingerprint density at radius 1 is 1.17 bits per heavy atom. The van der Waals surface area contributed by atoms with E-state index in [2.05, 4.69) is 6.92 Å². The van der Waals surface area contributed by atoms with Gasteiger partial charge in [0.05, 0.1) is 6.10 Å². The Kier molecular flexibility index (Phi) is 4.02. The molecule has 0 radical (unpaired) electrons. The maximum atomic E-state index is 9.03. The molecule has 0 heterocycles. The maximum absolute atomic E-state index is 9.03. The van der Waals surface area contributed by atoms with Crippen molar-refractivity contribution in [3.05, 3.63) is 0 Å². The Bertz CT molecular complexity index is 117. The zero-order valence-electron chi connectivity index (χ0n) is 8.12. The van der Waals surface area contributed by atoms with E-state index in [4.69, 9.17) is 9.84 Å². The first-order valence-corrected chi connectivity index (χ1v) is 5.03. The monoisotopic (exact) mass is 172 g/mol. The van der Waals surface area contributed by atoms with Gasteiger partial charge in [-0.25, -0.2) is 0 Å². The van der Waals surface area contributed by atoms with Crippen molar-refractivity contribution < 1.29 is 9.84 Å². The van der Waals surface area contributed by atoms with Crippen molar-refractivity contribution in [2.45, 2.75) is 58.3 Å². The van der Waals surface area contributed by atoms with E-state index in [0.29, 0.717) is 5.92 Å². The molecular formula is C10H20O2. The van der Waals surface area contributed by atoms with Crippen LogP contribution in [0.4, 0.5) is 0 Å². The Hall–Kier alpha value is -0.0800. The molecule has 1 aliphatic rings. The molecule has 1 N–H and O–H groups in total. The zero-order valence-corrected chi connectivity index (χ0v) is 8.12. The molecule has 0 aliphatic heterocycles. The van der Waals surface area contributed by atoms with E-state index in [1.165, 1.54) is 32.1 Å². The highest BCUT2D eigenvalue weighted by Crippen LogP contribution is 2.27. The summed E-state index contributed by atoms with van der Waals surface area (Å²) in [5.74, 6) is 0.674. The van der Waals surface area contributed by atoms with Gasteiger partial charge >= 0.3 is 0 Å². The lowest BCUT2D eigenvalue weighted by Gasteiger charge is -2.28. The van der Waals surface area contributed by atoms with Crippen LogP contribution in [0.5, 0.6) is 0 Å². The van der Waals surface area contributed by atoms with Crippen LogP contribution in [0.15, 0.2) is 0 Å². The van der Waals surface area contributed by atoms with Crippen molar-refractivity contribution in [3.8, 4) is 0 Å². The second-order valence-corrected chi connectivity index (χ2v) is 3.84. The number of aliphatic hydroxyl groups excluding tert-OH is 1. The van der Waals surface area contributed by atoms with Crippen LogP contribution in [-0.2, 0) is 4.74 Å². The number of ether oxygens (including phenoxy) is 1. The van der Waals surface area contributed by atoms with Crippen LogP contribution in [0.25, 0.3) is 0 Å². The van der Waals surface area contributed by atoms with Gasteiger partial charge in [0, 0.05) is 0 Å². The molecule has 2 nitrogen and oxygen atoms in total. The summed E-state index contributed by atoms with van der Waals surface area (Å²) in [5, 5.41) is 9.03. The Labute approximate surface area is 74.9 Å². The van der Waals surface area contributed by atoms with Gasteiger partial charge in [0.2, 0.25) is 0 Å². The van der Waals surface area contributed by atoms with Crippen molar-refractivity contribution in [2.75, 3.05) is 0 Å². The number of rotatable bonds is 3. The lowest BCUT2D eigenvalue weighted by molar-refractivity contribution is -0.137. The first-order valence-electron chi connectivity index (χ1n) is 5.03. The highest BCUT2D eigenvalue weighted by atomic mass is 16.6. The summed E-state index contributed by atoms with van der Waals surface area (Å²) in [4.78, 5) is 0. The minimum Gasteiger partial charge on any atom is -0.368 e. The Balaban J connectivity index is 2.24. The van der Waals surface area contributed by atoms with Gasteiger partial charge in [0.25, 0.3) is 0 Å². The molecule has 2 heteroatoms. The van der Waals surface area contributed by atoms with Crippen LogP contribution in [-0.4, -0.2) is 17.5 Å². The number of hydrogen-bond donors (Lipinski definition) is 1. The average Bonchev–Trinajstić information content (AvgIpc) is 2.05. The third-order valence-electron chi connectivity index (χ3n) is 2.73. The van der Waals surface area contributed by atoms with Gasteiger partial charge in [-0.05, 0) is 32.6 Å². The number of hydrogen-bond acceptors (Lipinski definition) is 2. The average molecular weight is 172 g/mol. The van der Waals surface area contributed by atoms with E-state index in [9.17, 15) is 0 Å². The molecule has 0 spiro atoms. The van der Waals surface area contributed by atoms with E-state index in [1.54, 1.807) is 6.92 Å². The summed E-state index contributed by atoms with van der Waals surface area (Å²) in [7, 11) is 0. The Morgan fingerprint density at radius 2 is 1.75 bits per heavy atom. The molecule has 1 rings (SSSR count). The van der Waals surface area contributed by atoms with Crippen molar-refractivity contribution in [3.63, 3.8) is 0 Å². The molecule has 0 aromatic heterocycles. The van der Waals surface area contributed by atoms with Gasteiger partial charge in [-0.15, -0.1) is 0 Å². The minimum absolute atomic E-state index is 0.227. The maximum Gasteiger partial charge on any atom is 0.152 e. The quantitative estimate of drug-likeness (QED) is 0.662. The smallest absolute Gasteiger partial charge is 0.152 e. The largest absolute Gasteiger partial charge is 0.368 e. The first-order chi connectivity index (χ1) is 5.70. The topological polar surface area (TPSA) is 29.5 Å². The second-order valence-electron chi connectivity index (χ2n) is 3.84. The molecule has 72 valence electrons. The summed E-state index contributed by atoms with van der Waals surface area (Å²) in [6.45, 7) is 3.75. The lowest BCUT2D eigenvalue weighted by atomic mass is 9.86. The fraction of sp³-hybridized carbons (Fsp3) is 1.00. The third-order valence-corrected chi connectivity index (χ3v) is 2.73. The van der Waals surface area contributed by atoms with Gasteiger partial charge in [0.15, 0.2) is 6.29 Å². The van der Waals surface area contributed by atoms with E-state index in [-0.39, 0.29) is 6.10 Å². The van der Waals surface area contributed by atoms with Crippen LogP contribution in [0.1, 0.15) is 46.0 Å². The van der Waals surface area contributed by atoms with Crippen LogP contribution in [0.3, 0.4) is 0 Å². The van der Waals surface area contributed by atoms with Crippen molar-refractivity contribution >= 4 is 0 Å². The highest BCUT2D eigenvalue weighted by Gasteiger charge is 2.21. The predicted octanol–water partition coefficient (Wildman–Crippen LogP) is 2.31. The van der Waals surface area contributed by atoms with Gasteiger partial charge in [-0.1, -0.05) is 19.3 Å². The molecule has 0 bridgehead atoms. The van der Waals surface area contributed by atoms with Gasteiger partial charge in [0.1, 0.15) is 0 Å². The van der Waals surface area contributed by atoms with E-state index < -0.39 is 6.29 Å². The summed E-state index contributed by atoms with van der Waals surface area (Å²) < 4.78 is 5.35. The van der Waals surface area contributed by atoms with Crippen molar-refractivity contribution in [2.24, 2.45) is 5.92 Å². The first kappa shape index (κ1) is 10.0. The standard InChI is InChI=1S/C10H20O2/c1-8(12-9(2)11)10-6-4-3-5-7-10/h8-11H,3-7H2,1-2H3. The minimum atomic E-state index is -0.609. The molecule has 1 aliphatic carbocycles. The molecule has 0 amide bonds. The van der Waals surface area contributed by atoms with Crippen LogP contribution in [0, 0.1) is 5.92 Å². The molecular weight excluding hydrogens is 152 g/mol. The number of aliphatic hydroxyl groups is 1. The zero-order chi connectivity index (χ0) is 8.97. The molecule has 1 saturated carbocycles. The molecule has 0 aromatic carbocycles. The van der Waals surface area contributed by atoms with E-state index in [1.807, 2.05) is 0 Å². The van der Waals surface area contributed by atoms with Gasteiger partial charge in [-0.3, -0.25) is 0 Å². The fourth-order valence-corrected chi connectivity index (χ4v) is 2.03. The predicted molar refractivity (Wildman–Crippen MR) is 48.8 cm³/mol. The van der Waals surface area contributed by atoms with Gasteiger partial charge < -0.3 is 9.84 Å². The summed E-state index contributed by atoms with van der Waals surface area (Å²) in [6, 6.07) is 0. The van der Waals surface area contributed by atoms with Crippen LogP contribution < -0.4 is 0 Å². The second kappa shape index (κ2) is 4.83. The van der Waals surface area contributed by atoms with E-state index in [0.717, 1.165) is 0 Å². The molecule has 2 atom stereocenters. The van der Waals surface area contributed by atoms with Crippen LogP contribution >= 0.6 is 0 Å². The normalized spacial score (nSPS) is 25.2. The van der Waals surface area contributed by atoms with Crippen LogP contribution in [0.2, 0.25) is 0 Å². The SMILES string of the molecule is CC(O)OC(C)C1CCCCC1. The summed E-state index contributed by atoms with van der Waals surface area (Å²) in [5.41, 5.74) is 0. The summed E-state index contributed by atoms with van der Waals surface area (Å²) in [6.07, 6.45) is 6.20. The molecule has 0 saturated heterocycles. The van der Waals surface area contributed by atoms with Crippen molar-refractivity contribution in [1.82, 2.24) is 0 Å². The molecule has 2 unspecified atom stereocenters. The fourth-order valence-electron chi connectivity index (χ4n) is 2.03. The Morgan fingerprint density at radius 3 is 2.25 bits per heavy atom. The summed E-state index contributed by atoms with van der Waals surface area (Å²) >= 11 is 0. The lowest BCUT2D eigenvalue weighted by Crippen LogP contribution is -2.26. The molecule has 0 aromatic rings.